The number of anilines is 1. The molecule has 1 atom stereocenters. The van der Waals surface area contributed by atoms with Crippen LogP contribution in [0.2, 0.25) is 10.0 Å². The molecule has 1 unspecified atom stereocenters. The summed E-state index contributed by atoms with van der Waals surface area (Å²) in [6.07, 6.45) is 0.799. The van der Waals surface area contributed by atoms with Crippen LogP contribution in [0.25, 0.3) is 0 Å². The van der Waals surface area contributed by atoms with Crippen LogP contribution in [0.4, 0.5) is 10.5 Å². The Morgan fingerprint density at radius 1 is 1.30 bits per heavy atom. The number of halogens is 2. The van der Waals surface area contributed by atoms with Crippen LogP contribution in [0, 0.1) is 5.92 Å². The Bertz CT molecular complexity index is 459. The summed E-state index contributed by atoms with van der Waals surface area (Å²) in [7, 11) is 0. The van der Waals surface area contributed by atoms with Crippen molar-refractivity contribution in [3.05, 3.63) is 28.2 Å². The molecule has 0 aromatic heterocycles. The van der Waals surface area contributed by atoms with Crippen molar-refractivity contribution in [3.8, 4) is 0 Å². The lowest BCUT2D eigenvalue weighted by Crippen LogP contribution is -2.53. The Morgan fingerprint density at radius 2 is 1.85 bits per heavy atom. The van der Waals surface area contributed by atoms with Crippen LogP contribution in [-0.2, 0) is 0 Å². The lowest BCUT2D eigenvalue weighted by atomic mass is 9.91. The molecule has 0 saturated heterocycles. The van der Waals surface area contributed by atoms with E-state index in [1.807, 2.05) is 6.92 Å². The fourth-order valence-corrected chi connectivity index (χ4v) is 2.67. The quantitative estimate of drug-likeness (QED) is 0.771. The molecule has 0 aliphatic rings. The first kappa shape index (κ1) is 17.1. The first-order chi connectivity index (χ1) is 9.24. The summed E-state index contributed by atoms with van der Waals surface area (Å²) in [5.41, 5.74) is 5.86. The van der Waals surface area contributed by atoms with E-state index < -0.39 is 5.54 Å². The minimum Gasteiger partial charge on any atom is -0.331 e. The molecule has 0 radical (unpaired) electrons. The maximum Gasteiger partial charge on any atom is 0.319 e. The van der Waals surface area contributed by atoms with Gasteiger partial charge >= 0.3 is 6.03 Å². The maximum atomic E-state index is 12.0. The average Bonchev–Trinajstić information content (AvgIpc) is 2.25. The molecular formula is C14H21Cl2N3O. The molecule has 6 heteroatoms. The smallest absolute Gasteiger partial charge is 0.319 e. The van der Waals surface area contributed by atoms with Crippen LogP contribution in [0.3, 0.4) is 0 Å². The SMILES string of the molecule is CC(C)CC(C)(CN)NC(=O)Nc1cc(Cl)cc(Cl)c1. The molecule has 1 aromatic rings. The van der Waals surface area contributed by atoms with Gasteiger partial charge in [0.1, 0.15) is 0 Å². The lowest BCUT2D eigenvalue weighted by Gasteiger charge is -2.31. The van der Waals surface area contributed by atoms with E-state index in [2.05, 4.69) is 24.5 Å². The van der Waals surface area contributed by atoms with Crippen molar-refractivity contribution in [2.45, 2.75) is 32.7 Å². The summed E-state index contributed by atoms with van der Waals surface area (Å²) >= 11 is 11.8. The summed E-state index contributed by atoms with van der Waals surface area (Å²) in [6.45, 7) is 6.47. The number of nitrogens with one attached hydrogen (secondary N) is 2. The fourth-order valence-electron chi connectivity index (χ4n) is 2.15. The highest BCUT2D eigenvalue weighted by Gasteiger charge is 2.25. The minimum atomic E-state index is -0.444. The van der Waals surface area contributed by atoms with Crippen LogP contribution in [0.5, 0.6) is 0 Å². The van der Waals surface area contributed by atoms with Crippen molar-refractivity contribution in [1.29, 1.82) is 0 Å². The molecule has 0 bridgehead atoms. The van der Waals surface area contributed by atoms with Crippen LogP contribution >= 0.6 is 23.2 Å². The Balaban J connectivity index is 2.71. The number of rotatable bonds is 5. The molecular weight excluding hydrogens is 297 g/mol. The molecule has 4 N–H and O–H groups in total. The largest absolute Gasteiger partial charge is 0.331 e. The van der Waals surface area contributed by atoms with Gasteiger partial charge in [-0.15, -0.1) is 0 Å². The summed E-state index contributed by atoms with van der Waals surface area (Å²) in [5.74, 6) is 0.435. The molecule has 4 nitrogen and oxygen atoms in total. The van der Waals surface area contributed by atoms with Gasteiger partial charge in [0.05, 0.1) is 5.54 Å². The van der Waals surface area contributed by atoms with Crippen LogP contribution in [0.15, 0.2) is 18.2 Å². The van der Waals surface area contributed by atoms with Gasteiger partial charge in [0.2, 0.25) is 0 Å². The summed E-state index contributed by atoms with van der Waals surface area (Å²) in [6, 6.07) is 4.55. The van der Waals surface area contributed by atoms with E-state index in [9.17, 15) is 4.79 Å². The standard InChI is InChI=1S/C14H21Cl2N3O/c1-9(2)7-14(3,8-17)19-13(20)18-12-5-10(15)4-11(16)6-12/h4-6,9H,7-8,17H2,1-3H3,(H2,18,19,20). The van der Waals surface area contributed by atoms with Crippen molar-refractivity contribution in [3.63, 3.8) is 0 Å². The van der Waals surface area contributed by atoms with Crippen molar-refractivity contribution in [1.82, 2.24) is 5.32 Å². The predicted octanol–water partition coefficient (Wildman–Crippen LogP) is 3.88. The zero-order valence-electron chi connectivity index (χ0n) is 12.0. The van der Waals surface area contributed by atoms with E-state index in [1.165, 1.54) is 0 Å². The van der Waals surface area contributed by atoms with Gasteiger partial charge in [-0.1, -0.05) is 37.0 Å². The summed E-state index contributed by atoms with van der Waals surface area (Å²) in [4.78, 5) is 12.0. The number of hydrogen-bond donors (Lipinski definition) is 3. The fraction of sp³-hybridized carbons (Fsp3) is 0.500. The van der Waals surface area contributed by atoms with Crippen molar-refractivity contribution >= 4 is 34.9 Å². The molecule has 0 spiro atoms. The molecule has 2 amide bonds. The molecule has 0 aliphatic heterocycles. The lowest BCUT2D eigenvalue weighted by molar-refractivity contribution is 0.233. The molecule has 0 heterocycles. The zero-order valence-corrected chi connectivity index (χ0v) is 13.5. The maximum absolute atomic E-state index is 12.0. The third-order valence-electron chi connectivity index (χ3n) is 2.85. The number of nitrogens with two attached hydrogens (primary N) is 1. The first-order valence-corrected chi connectivity index (χ1v) is 7.25. The van der Waals surface area contributed by atoms with Gasteiger partial charge in [-0.25, -0.2) is 4.79 Å². The zero-order chi connectivity index (χ0) is 15.3. The van der Waals surface area contributed by atoms with E-state index >= 15 is 0 Å². The second kappa shape index (κ2) is 7.16. The second-order valence-electron chi connectivity index (χ2n) is 5.60. The molecule has 0 fully saturated rings. The van der Waals surface area contributed by atoms with Crippen LogP contribution in [-0.4, -0.2) is 18.1 Å². The highest BCUT2D eigenvalue weighted by molar-refractivity contribution is 6.35. The van der Waals surface area contributed by atoms with Crippen molar-refractivity contribution in [2.75, 3.05) is 11.9 Å². The van der Waals surface area contributed by atoms with Gasteiger partial charge in [0.25, 0.3) is 0 Å². The Kier molecular flexibility index (Phi) is 6.11. The van der Waals surface area contributed by atoms with Gasteiger partial charge in [0, 0.05) is 22.3 Å². The molecule has 0 saturated carbocycles. The third kappa shape index (κ3) is 5.57. The minimum absolute atomic E-state index is 0.322. The Hall–Kier alpha value is -0.970. The second-order valence-corrected chi connectivity index (χ2v) is 6.47. The number of carbonyl (C=O) groups excluding carboxylic acids is 1. The molecule has 112 valence electrons. The number of amides is 2. The average molecular weight is 318 g/mol. The van der Waals surface area contributed by atoms with E-state index in [0.29, 0.717) is 28.2 Å². The third-order valence-corrected chi connectivity index (χ3v) is 3.28. The normalized spacial score (nSPS) is 13.9. The van der Waals surface area contributed by atoms with Crippen LogP contribution in [0.1, 0.15) is 27.2 Å². The van der Waals surface area contributed by atoms with Gasteiger partial charge in [0.15, 0.2) is 0 Å². The van der Waals surface area contributed by atoms with E-state index in [4.69, 9.17) is 28.9 Å². The molecule has 1 aromatic carbocycles. The highest BCUT2D eigenvalue weighted by Crippen LogP contribution is 2.22. The molecule has 0 aliphatic carbocycles. The first-order valence-electron chi connectivity index (χ1n) is 6.49. The van der Waals surface area contributed by atoms with Gasteiger partial charge in [-0.2, -0.15) is 0 Å². The molecule has 1 rings (SSSR count). The summed E-state index contributed by atoms with van der Waals surface area (Å²) < 4.78 is 0. The Labute approximate surface area is 130 Å². The predicted molar refractivity (Wildman–Crippen MR) is 85.5 cm³/mol. The number of benzene rings is 1. The number of carbonyl (C=O) groups is 1. The Morgan fingerprint density at radius 3 is 2.30 bits per heavy atom. The number of hydrogen-bond acceptors (Lipinski definition) is 2. The topological polar surface area (TPSA) is 67.1 Å². The van der Waals surface area contributed by atoms with Gasteiger partial charge < -0.3 is 16.4 Å². The summed E-state index contributed by atoms with van der Waals surface area (Å²) in [5, 5.41) is 6.55. The number of urea groups is 1. The van der Waals surface area contributed by atoms with E-state index in [1.54, 1.807) is 18.2 Å². The monoisotopic (exact) mass is 317 g/mol. The van der Waals surface area contributed by atoms with Gasteiger partial charge in [-0.05, 0) is 37.5 Å². The van der Waals surface area contributed by atoms with Gasteiger partial charge in [-0.3, -0.25) is 0 Å². The van der Waals surface area contributed by atoms with Crippen molar-refractivity contribution < 1.29 is 4.79 Å². The van der Waals surface area contributed by atoms with E-state index in [-0.39, 0.29) is 6.03 Å². The highest BCUT2D eigenvalue weighted by atomic mass is 35.5. The molecule has 20 heavy (non-hydrogen) atoms. The van der Waals surface area contributed by atoms with Crippen molar-refractivity contribution in [2.24, 2.45) is 11.7 Å². The van der Waals surface area contributed by atoms with Crippen LogP contribution < -0.4 is 16.4 Å². The van der Waals surface area contributed by atoms with E-state index in [0.717, 1.165) is 6.42 Å².